The highest BCUT2D eigenvalue weighted by molar-refractivity contribution is 5.74. The van der Waals surface area contributed by atoms with Gasteiger partial charge in [0.1, 0.15) is 5.82 Å². The van der Waals surface area contributed by atoms with Crippen molar-refractivity contribution in [2.75, 3.05) is 13.1 Å². The van der Waals surface area contributed by atoms with Crippen molar-refractivity contribution in [3.05, 3.63) is 18.2 Å². The van der Waals surface area contributed by atoms with Gasteiger partial charge in [0.25, 0.3) is 0 Å². The van der Waals surface area contributed by atoms with Gasteiger partial charge in [-0.3, -0.25) is 0 Å². The van der Waals surface area contributed by atoms with Gasteiger partial charge in [-0.05, 0) is 32.1 Å². The normalized spacial score (nSPS) is 22.5. The molecule has 0 aromatic carbocycles. The Hall–Kier alpha value is -1.52. The van der Waals surface area contributed by atoms with Crippen LogP contribution in [0.1, 0.15) is 70.0 Å². The number of unbranched alkanes of at least 4 members (excludes halogenated alkanes) is 1. The number of hydrogen-bond donors (Lipinski definition) is 1. The van der Waals surface area contributed by atoms with Crippen LogP contribution >= 0.6 is 0 Å². The van der Waals surface area contributed by atoms with Crippen molar-refractivity contribution < 1.29 is 4.79 Å². The first-order valence-corrected chi connectivity index (χ1v) is 9.34. The highest BCUT2D eigenvalue weighted by Gasteiger charge is 2.28. The molecule has 2 aliphatic rings. The summed E-state index contributed by atoms with van der Waals surface area (Å²) in [6.07, 6.45) is 13.4. The van der Waals surface area contributed by atoms with E-state index in [0.717, 1.165) is 51.1 Å². The third-order valence-electron chi connectivity index (χ3n) is 5.26. The summed E-state index contributed by atoms with van der Waals surface area (Å²) in [5.41, 5.74) is 0. The Kier molecular flexibility index (Phi) is 5.57. The maximum Gasteiger partial charge on any atom is 0.317 e. The Labute approximate surface area is 139 Å². The topological polar surface area (TPSA) is 50.2 Å². The molecule has 1 aliphatic carbocycles. The molecule has 0 bridgehead atoms. The molecule has 3 rings (SSSR count). The van der Waals surface area contributed by atoms with E-state index in [1.165, 1.54) is 25.7 Å². The fourth-order valence-corrected chi connectivity index (χ4v) is 3.91. The second-order valence-corrected chi connectivity index (χ2v) is 7.05. The van der Waals surface area contributed by atoms with Crippen LogP contribution in [0.3, 0.4) is 0 Å². The molecule has 1 atom stereocenters. The third kappa shape index (κ3) is 4.06. The van der Waals surface area contributed by atoms with Crippen molar-refractivity contribution in [1.29, 1.82) is 0 Å². The van der Waals surface area contributed by atoms with E-state index in [9.17, 15) is 4.79 Å². The molecule has 5 heteroatoms. The molecule has 5 nitrogen and oxygen atoms in total. The van der Waals surface area contributed by atoms with Crippen molar-refractivity contribution in [3.8, 4) is 0 Å². The summed E-state index contributed by atoms with van der Waals surface area (Å²) in [7, 11) is 0. The molecule has 0 unspecified atom stereocenters. The van der Waals surface area contributed by atoms with Gasteiger partial charge in [0, 0.05) is 44.0 Å². The molecule has 0 radical (unpaired) electrons. The van der Waals surface area contributed by atoms with Crippen molar-refractivity contribution >= 4 is 6.03 Å². The number of rotatable bonds is 5. The molecule has 1 saturated carbocycles. The number of amides is 2. The zero-order chi connectivity index (χ0) is 16.1. The maximum absolute atomic E-state index is 12.5. The minimum absolute atomic E-state index is 0.133. The lowest BCUT2D eigenvalue weighted by atomic mass is 9.97. The van der Waals surface area contributed by atoms with Crippen LogP contribution in [0.15, 0.2) is 12.4 Å². The number of urea groups is 1. The van der Waals surface area contributed by atoms with Gasteiger partial charge in [-0.25, -0.2) is 9.78 Å². The van der Waals surface area contributed by atoms with Crippen LogP contribution < -0.4 is 5.32 Å². The molecule has 0 spiro atoms. The van der Waals surface area contributed by atoms with Crippen LogP contribution in [-0.4, -0.2) is 39.6 Å². The highest BCUT2D eigenvalue weighted by atomic mass is 16.2. The van der Waals surface area contributed by atoms with Crippen molar-refractivity contribution in [2.45, 2.75) is 76.8 Å². The van der Waals surface area contributed by atoms with E-state index in [4.69, 9.17) is 0 Å². The first-order valence-electron chi connectivity index (χ1n) is 9.34. The molecular weight excluding hydrogens is 288 g/mol. The standard InChI is InChI=1S/C18H30N4O/c1-2-3-11-21-13-10-19-17(21)15-7-6-12-22(14-15)18(23)20-16-8-4-5-9-16/h10,13,15-16H,2-9,11-12,14H2,1H3,(H,20,23)/t15-/m1/s1. The first kappa shape index (κ1) is 16.3. The summed E-state index contributed by atoms with van der Waals surface area (Å²) in [5, 5.41) is 3.22. The van der Waals surface area contributed by atoms with Gasteiger partial charge >= 0.3 is 6.03 Å². The van der Waals surface area contributed by atoms with Crippen LogP contribution in [0.5, 0.6) is 0 Å². The molecule has 2 fully saturated rings. The van der Waals surface area contributed by atoms with Crippen molar-refractivity contribution in [1.82, 2.24) is 19.8 Å². The number of piperidine rings is 1. The lowest BCUT2D eigenvalue weighted by Gasteiger charge is -2.33. The number of nitrogens with one attached hydrogen (secondary N) is 1. The smallest absolute Gasteiger partial charge is 0.317 e. The number of nitrogens with zero attached hydrogens (tertiary/aromatic N) is 3. The number of aromatic nitrogens is 2. The summed E-state index contributed by atoms with van der Waals surface area (Å²) in [4.78, 5) is 19.1. The van der Waals surface area contributed by atoms with E-state index in [-0.39, 0.29) is 6.03 Å². The lowest BCUT2D eigenvalue weighted by molar-refractivity contribution is 0.174. The maximum atomic E-state index is 12.5. The fraction of sp³-hybridized carbons (Fsp3) is 0.778. The number of carbonyl (C=O) groups excluding carboxylic acids is 1. The van der Waals surface area contributed by atoms with Gasteiger partial charge in [0.15, 0.2) is 0 Å². The van der Waals surface area contributed by atoms with Crippen LogP contribution in [0.4, 0.5) is 4.79 Å². The molecule has 2 heterocycles. The van der Waals surface area contributed by atoms with E-state index in [1.54, 1.807) is 0 Å². The largest absolute Gasteiger partial charge is 0.335 e. The van der Waals surface area contributed by atoms with Gasteiger partial charge in [-0.2, -0.15) is 0 Å². The van der Waals surface area contributed by atoms with E-state index < -0.39 is 0 Å². The summed E-state index contributed by atoms with van der Waals surface area (Å²) >= 11 is 0. The molecule has 1 aromatic heterocycles. The minimum Gasteiger partial charge on any atom is -0.335 e. The lowest BCUT2D eigenvalue weighted by Crippen LogP contribution is -2.47. The van der Waals surface area contributed by atoms with Crippen LogP contribution in [0.2, 0.25) is 0 Å². The number of hydrogen-bond acceptors (Lipinski definition) is 2. The Morgan fingerprint density at radius 2 is 2.13 bits per heavy atom. The minimum atomic E-state index is 0.133. The molecule has 2 amide bonds. The molecular formula is C18H30N4O. The quantitative estimate of drug-likeness (QED) is 0.903. The number of carbonyl (C=O) groups is 1. The fourth-order valence-electron chi connectivity index (χ4n) is 3.91. The predicted molar refractivity (Wildman–Crippen MR) is 91.5 cm³/mol. The molecule has 1 aliphatic heterocycles. The monoisotopic (exact) mass is 318 g/mol. The average molecular weight is 318 g/mol. The average Bonchev–Trinajstić information content (AvgIpc) is 3.24. The Bertz CT molecular complexity index is 507. The summed E-state index contributed by atoms with van der Waals surface area (Å²) in [5.74, 6) is 1.54. The van der Waals surface area contributed by atoms with Gasteiger partial charge < -0.3 is 14.8 Å². The second-order valence-electron chi connectivity index (χ2n) is 7.05. The molecule has 1 saturated heterocycles. The van der Waals surface area contributed by atoms with Crippen LogP contribution in [0.25, 0.3) is 0 Å². The summed E-state index contributed by atoms with van der Waals surface area (Å²) in [6, 6.07) is 0.530. The Morgan fingerprint density at radius 1 is 1.30 bits per heavy atom. The van der Waals surface area contributed by atoms with Crippen molar-refractivity contribution in [2.24, 2.45) is 0 Å². The summed E-state index contributed by atoms with van der Waals surface area (Å²) < 4.78 is 2.28. The van der Waals surface area contributed by atoms with Gasteiger partial charge in [0.05, 0.1) is 0 Å². The predicted octanol–water partition coefficient (Wildman–Crippen LogP) is 3.51. The number of imidazole rings is 1. The number of aryl methyl sites for hydroxylation is 1. The van der Waals surface area contributed by atoms with Gasteiger partial charge in [-0.1, -0.05) is 26.2 Å². The third-order valence-corrected chi connectivity index (χ3v) is 5.26. The zero-order valence-electron chi connectivity index (χ0n) is 14.3. The van der Waals surface area contributed by atoms with Gasteiger partial charge in [-0.15, -0.1) is 0 Å². The SMILES string of the molecule is CCCCn1ccnc1[C@@H]1CCCN(C(=O)NC2CCCC2)C1. The second kappa shape index (κ2) is 7.84. The number of likely N-dealkylation sites (tertiary alicyclic amines) is 1. The molecule has 128 valence electrons. The van der Waals surface area contributed by atoms with E-state index in [0.29, 0.717) is 12.0 Å². The van der Waals surface area contributed by atoms with Crippen LogP contribution in [0, 0.1) is 0 Å². The highest BCUT2D eigenvalue weighted by Crippen LogP contribution is 2.26. The van der Waals surface area contributed by atoms with E-state index in [2.05, 4.69) is 28.0 Å². The zero-order valence-corrected chi connectivity index (χ0v) is 14.3. The molecule has 23 heavy (non-hydrogen) atoms. The Balaban J connectivity index is 1.59. The van der Waals surface area contributed by atoms with E-state index in [1.807, 2.05) is 11.1 Å². The van der Waals surface area contributed by atoms with Crippen LogP contribution in [-0.2, 0) is 6.54 Å². The van der Waals surface area contributed by atoms with E-state index >= 15 is 0 Å². The Morgan fingerprint density at radius 3 is 2.91 bits per heavy atom. The first-order chi connectivity index (χ1) is 11.3. The van der Waals surface area contributed by atoms with Gasteiger partial charge in [0.2, 0.25) is 0 Å². The molecule has 1 aromatic rings. The van der Waals surface area contributed by atoms with Crippen molar-refractivity contribution in [3.63, 3.8) is 0 Å². The summed E-state index contributed by atoms with van der Waals surface area (Å²) in [6.45, 7) is 4.94. The molecule has 1 N–H and O–H groups in total.